The summed E-state index contributed by atoms with van der Waals surface area (Å²) < 4.78 is 41.7. The molecule has 6 nitrogen and oxygen atoms in total. The summed E-state index contributed by atoms with van der Waals surface area (Å²) in [6.45, 7) is 7.78. The lowest BCUT2D eigenvalue weighted by atomic mass is 10.2. The van der Waals surface area contributed by atoms with E-state index in [9.17, 15) is 18.0 Å². The van der Waals surface area contributed by atoms with Crippen LogP contribution in [0.2, 0.25) is 5.02 Å². The minimum Gasteiger partial charge on any atom is -0.339 e. The summed E-state index contributed by atoms with van der Waals surface area (Å²) in [5, 5.41) is 7.26. The number of aromatic nitrogens is 4. The number of rotatable bonds is 5. The molecular weight excluding hydrogens is 371 g/mol. The molecule has 2 heterocycles. The largest absolute Gasteiger partial charge is 0.436 e. The standard InChI is InChI=1S/C16H21ClF3N5O/c1-6-24-9(2)12(7-21-24)8-23(5)15(26)11(4)25-10(3)13(17)14(22-25)16(18,19)20/h7,11H,6,8H2,1-5H3/t11-/m0/s1. The Morgan fingerprint density at radius 1 is 1.35 bits per heavy atom. The smallest absolute Gasteiger partial charge is 0.339 e. The third-order valence-corrected chi connectivity index (χ3v) is 4.81. The van der Waals surface area contributed by atoms with Gasteiger partial charge >= 0.3 is 6.18 Å². The molecule has 1 atom stereocenters. The van der Waals surface area contributed by atoms with Gasteiger partial charge in [-0.3, -0.25) is 14.2 Å². The van der Waals surface area contributed by atoms with Crippen LogP contribution in [0.15, 0.2) is 6.20 Å². The van der Waals surface area contributed by atoms with Gasteiger partial charge in [0.05, 0.1) is 16.9 Å². The van der Waals surface area contributed by atoms with Gasteiger partial charge in [0.1, 0.15) is 6.04 Å². The van der Waals surface area contributed by atoms with E-state index in [1.165, 1.54) is 18.7 Å². The van der Waals surface area contributed by atoms with Crippen LogP contribution >= 0.6 is 11.6 Å². The average molecular weight is 392 g/mol. The van der Waals surface area contributed by atoms with Gasteiger partial charge in [-0.2, -0.15) is 23.4 Å². The maximum atomic E-state index is 13.0. The Morgan fingerprint density at radius 3 is 2.42 bits per heavy atom. The van der Waals surface area contributed by atoms with Crippen LogP contribution in [0.1, 0.15) is 42.5 Å². The van der Waals surface area contributed by atoms with Gasteiger partial charge in [-0.1, -0.05) is 11.6 Å². The van der Waals surface area contributed by atoms with Crippen molar-refractivity contribution in [2.75, 3.05) is 7.05 Å². The number of amides is 1. The van der Waals surface area contributed by atoms with Crippen molar-refractivity contribution >= 4 is 17.5 Å². The topological polar surface area (TPSA) is 56.0 Å². The maximum Gasteiger partial charge on any atom is 0.436 e. The zero-order valence-corrected chi connectivity index (χ0v) is 16.0. The number of halogens is 4. The Bertz CT molecular complexity index is 812. The SMILES string of the molecule is CCn1ncc(CN(C)C(=O)[C@H](C)n2nc(C(F)(F)F)c(Cl)c2C)c1C. The Hall–Kier alpha value is -2.03. The second-order valence-corrected chi connectivity index (χ2v) is 6.51. The van der Waals surface area contributed by atoms with Gasteiger partial charge in [-0.15, -0.1) is 0 Å². The van der Waals surface area contributed by atoms with Crippen LogP contribution in [0, 0.1) is 13.8 Å². The highest BCUT2D eigenvalue weighted by Gasteiger charge is 2.39. The van der Waals surface area contributed by atoms with Gasteiger partial charge in [-0.25, -0.2) is 0 Å². The lowest BCUT2D eigenvalue weighted by Gasteiger charge is -2.22. The summed E-state index contributed by atoms with van der Waals surface area (Å²) in [5.41, 5.74) is 0.737. The number of alkyl halides is 3. The summed E-state index contributed by atoms with van der Waals surface area (Å²) >= 11 is 5.76. The first kappa shape index (κ1) is 20.3. The third kappa shape index (κ3) is 3.72. The summed E-state index contributed by atoms with van der Waals surface area (Å²) in [6.07, 6.45) is -2.99. The number of carbonyl (C=O) groups excluding carboxylic acids is 1. The highest BCUT2D eigenvalue weighted by Crippen LogP contribution is 2.36. The molecule has 0 aliphatic carbocycles. The predicted molar refractivity (Wildman–Crippen MR) is 90.8 cm³/mol. The van der Waals surface area contributed by atoms with Gasteiger partial charge in [-0.05, 0) is 27.7 Å². The number of hydrogen-bond donors (Lipinski definition) is 0. The molecule has 26 heavy (non-hydrogen) atoms. The molecule has 0 saturated heterocycles. The van der Waals surface area contributed by atoms with Crippen LogP contribution in [0.5, 0.6) is 0 Å². The van der Waals surface area contributed by atoms with Gasteiger partial charge in [0.25, 0.3) is 0 Å². The highest BCUT2D eigenvalue weighted by atomic mass is 35.5. The van der Waals surface area contributed by atoms with Crippen molar-refractivity contribution in [2.24, 2.45) is 0 Å². The lowest BCUT2D eigenvalue weighted by molar-refractivity contribution is -0.142. The number of carbonyl (C=O) groups is 1. The fraction of sp³-hybridized carbons (Fsp3) is 0.562. The number of hydrogen-bond acceptors (Lipinski definition) is 3. The molecule has 10 heteroatoms. The van der Waals surface area contributed by atoms with Gasteiger partial charge < -0.3 is 4.90 Å². The normalized spacial score (nSPS) is 13.1. The van der Waals surface area contributed by atoms with Gasteiger partial charge in [0.2, 0.25) is 5.91 Å². The fourth-order valence-electron chi connectivity index (χ4n) is 2.77. The van der Waals surface area contributed by atoms with E-state index in [2.05, 4.69) is 10.2 Å². The predicted octanol–water partition coefficient (Wildman–Crippen LogP) is 3.61. The van der Waals surface area contributed by atoms with Crippen LogP contribution in [0.4, 0.5) is 13.2 Å². The van der Waals surface area contributed by atoms with Crippen molar-refractivity contribution < 1.29 is 18.0 Å². The zero-order valence-electron chi connectivity index (χ0n) is 15.2. The first-order chi connectivity index (χ1) is 12.0. The molecule has 2 aromatic rings. The van der Waals surface area contributed by atoms with Crippen molar-refractivity contribution in [3.8, 4) is 0 Å². The molecule has 144 valence electrons. The molecule has 0 N–H and O–H groups in total. The number of nitrogens with zero attached hydrogens (tertiary/aromatic N) is 5. The Kier molecular flexibility index (Phi) is 5.70. The summed E-state index contributed by atoms with van der Waals surface area (Å²) in [7, 11) is 1.59. The molecule has 0 radical (unpaired) electrons. The summed E-state index contributed by atoms with van der Waals surface area (Å²) in [6, 6.07) is -0.921. The van der Waals surface area contributed by atoms with Crippen LogP contribution in [-0.2, 0) is 24.1 Å². The van der Waals surface area contributed by atoms with Crippen molar-refractivity contribution in [1.29, 1.82) is 0 Å². The first-order valence-electron chi connectivity index (χ1n) is 8.07. The minimum absolute atomic E-state index is 0.100. The summed E-state index contributed by atoms with van der Waals surface area (Å²) in [4.78, 5) is 14.1. The molecule has 0 bridgehead atoms. The number of aryl methyl sites for hydroxylation is 1. The molecule has 0 aromatic carbocycles. The molecule has 2 rings (SSSR count). The molecule has 0 aliphatic rings. The van der Waals surface area contributed by atoms with E-state index in [-0.39, 0.29) is 11.6 Å². The maximum absolute atomic E-state index is 13.0. The molecular formula is C16H21ClF3N5O. The molecule has 0 unspecified atom stereocenters. The van der Waals surface area contributed by atoms with Gasteiger partial charge in [0.15, 0.2) is 5.69 Å². The minimum atomic E-state index is -4.67. The van der Waals surface area contributed by atoms with Crippen molar-refractivity contribution in [1.82, 2.24) is 24.5 Å². The fourth-order valence-corrected chi connectivity index (χ4v) is 3.00. The molecule has 2 aromatic heterocycles. The third-order valence-electron chi connectivity index (χ3n) is 4.36. The molecule has 0 spiro atoms. The van der Waals surface area contributed by atoms with E-state index in [4.69, 9.17) is 11.6 Å². The quantitative estimate of drug-likeness (QED) is 0.782. The van der Waals surface area contributed by atoms with Gasteiger partial charge in [0, 0.05) is 31.4 Å². The second kappa shape index (κ2) is 7.30. The Morgan fingerprint density at radius 2 is 1.96 bits per heavy atom. The van der Waals surface area contributed by atoms with E-state index in [1.54, 1.807) is 13.2 Å². The molecule has 0 saturated carbocycles. The molecule has 0 aliphatic heterocycles. The monoisotopic (exact) mass is 391 g/mol. The van der Waals surface area contributed by atoms with Crippen LogP contribution in [0.25, 0.3) is 0 Å². The Balaban J connectivity index is 2.22. The first-order valence-corrected chi connectivity index (χ1v) is 8.44. The van der Waals surface area contributed by atoms with E-state index < -0.39 is 22.9 Å². The van der Waals surface area contributed by atoms with Crippen molar-refractivity contribution in [2.45, 2.75) is 53.0 Å². The van der Waals surface area contributed by atoms with E-state index in [1.807, 2.05) is 18.5 Å². The van der Waals surface area contributed by atoms with E-state index >= 15 is 0 Å². The summed E-state index contributed by atoms with van der Waals surface area (Å²) in [5.74, 6) is -0.371. The Labute approximate surface area is 154 Å². The zero-order chi connectivity index (χ0) is 19.8. The van der Waals surface area contributed by atoms with Crippen molar-refractivity contribution in [3.05, 3.63) is 33.9 Å². The molecule has 0 fully saturated rings. The number of likely N-dealkylation sites (N-methyl/N-ethyl adjacent to an activating group) is 1. The second-order valence-electron chi connectivity index (χ2n) is 6.13. The van der Waals surface area contributed by atoms with Crippen LogP contribution in [-0.4, -0.2) is 37.4 Å². The molecule has 1 amide bonds. The van der Waals surface area contributed by atoms with Crippen LogP contribution in [0.3, 0.4) is 0 Å². The highest BCUT2D eigenvalue weighted by molar-refractivity contribution is 6.32. The van der Waals surface area contributed by atoms with E-state index in [0.717, 1.165) is 15.9 Å². The van der Waals surface area contributed by atoms with E-state index in [0.29, 0.717) is 13.1 Å². The average Bonchev–Trinajstić information content (AvgIpc) is 3.06. The van der Waals surface area contributed by atoms with Crippen LogP contribution < -0.4 is 0 Å². The lowest BCUT2D eigenvalue weighted by Crippen LogP contribution is -2.33. The van der Waals surface area contributed by atoms with Crippen molar-refractivity contribution in [3.63, 3.8) is 0 Å².